The van der Waals surface area contributed by atoms with Crippen LogP contribution in [0.1, 0.15) is 92.1 Å². The van der Waals surface area contributed by atoms with Crippen LogP contribution in [-0.2, 0) is 35.1 Å². The Morgan fingerprint density at radius 1 is 0.816 bits per heavy atom. The van der Waals surface area contributed by atoms with Crippen LogP contribution in [0.15, 0.2) is 18.2 Å². The Morgan fingerprint density at radius 2 is 1.39 bits per heavy atom. The molecule has 0 aliphatic carbocycles. The average molecular weight is 536 g/mol. The Hall–Kier alpha value is -2.94. The molecule has 0 aromatic heterocycles. The van der Waals surface area contributed by atoms with Gasteiger partial charge in [-0.2, -0.15) is 0 Å². The zero-order chi connectivity index (χ0) is 28.7. The third-order valence-corrected chi connectivity index (χ3v) is 5.96. The largest absolute Gasteiger partial charge is 0.461 e. The number of benzene rings is 1. The number of hydrogen-bond donors (Lipinski definition) is 1. The van der Waals surface area contributed by atoms with Crippen LogP contribution in [0, 0.1) is 11.8 Å². The van der Waals surface area contributed by atoms with Gasteiger partial charge in [-0.15, -0.1) is 0 Å². The molecule has 0 amide bonds. The first-order valence-electron chi connectivity index (χ1n) is 13.7. The fourth-order valence-electron chi connectivity index (χ4n) is 3.65. The molecule has 0 heterocycles. The maximum atomic E-state index is 12.6. The third kappa shape index (κ3) is 12.1. The lowest BCUT2D eigenvalue weighted by Gasteiger charge is -2.18. The van der Waals surface area contributed by atoms with Crippen LogP contribution in [-0.4, -0.2) is 42.6 Å². The van der Waals surface area contributed by atoms with Gasteiger partial charge in [0.1, 0.15) is 18.8 Å². The second kappa shape index (κ2) is 17.5. The van der Waals surface area contributed by atoms with Crippen LogP contribution in [0.3, 0.4) is 0 Å². The summed E-state index contributed by atoms with van der Waals surface area (Å²) in [5, 5.41) is 0. The van der Waals surface area contributed by atoms with E-state index in [0.717, 1.165) is 25.7 Å². The van der Waals surface area contributed by atoms with Crippen LogP contribution in [0.4, 0.5) is 0 Å². The fourth-order valence-corrected chi connectivity index (χ4v) is 3.65. The Balaban J connectivity index is 2.90. The number of unbranched alkanes of at least 4 members (excludes halogenated alkanes) is 1. The van der Waals surface area contributed by atoms with Gasteiger partial charge in [0.25, 0.3) is 0 Å². The first kappa shape index (κ1) is 33.1. The predicted molar refractivity (Wildman–Crippen MR) is 144 cm³/mol. The van der Waals surface area contributed by atoms with Crippen molar-refractivity contribution >= 4 is 23.9 Å². The van der Waals surface area contributed by atoms with Crippen molar-refractivity contribution in [3.63, 3.8) is 0 Å². The van der Waals surface area contributed by atoms with Gasteiger partial charge in [-0.05, 0) is 50.3 Å². The van der Waals surface area contributed by atoms with Crippen LogP contribution >= 0.6 is 0 Å². The number of nitrogens with two attached hydrogens (primary N) is 1. The number of ether oxygens (including phenoxy) is 4. The predicted octanol–water partition coefficient (Wildman–Crippen LogP) is 4.90. The van der Waals surface area contributed by atoms with Crippen molar-refractivity contribution in [2.24, 2.45) is 17.6 Å². The van der Waals surface area contributed by atoms with Gasteiger partial charge in [-0.1, -0.05) is 59.9 Å². The van der Waals surface area contributed by atoms with E-state index >= 15 is 0 Å². The number of carbonyl (C=O) groups is 4. The van der Waals surface area contributed by atoms with Crippen molar-refractivity contribution in [2.75, 3.05) is 6.61 Å². The van der Waals surface area contributed by atoms with Gasteiger partial charge in [0.15, 0.2) is 11.5 Å². The van der Waals surface area contributed by atoms with Crippen LogP contribution < -0.4 is 15.2 Å². The Bertz CT molecular complexity index is 916. The molecule has 0 saturated heterocycles. The molecule has 1 rings (SSSR count). The summed E-state index contributed by atoms with van der Waals surface area (Å²) < 4.78 is 21.6. The Morgan fingerprint density at radius 3 is 1.95 bits per heavy atom. The minimum atomic E-state index is -1.00. The van der Waals surface area contributed by atoms with E-state index in [1.807, 2.05) is 20.8 Å². The van der Waals surface area contributed by atoms with E-state index in [4.69, 9.17) is 24.7 Å². The van der Waals surface area contributed by atoms with E-state index in [0.29, 0.717) is 24.8 Å². The molecule has 0 spiro atoms. The summed E-state index contributed by atoms with van der Waals surface area (Å²) in [6.07, 6.45) is 4.43. The van der Waals surface area contributed by atoms with Crippen LogP contribution in [0.25, 0.3) is 0 Å². The number of hydrogen-bond acceptors (Lipinski definition) is 9. The van der Waals surface area contributed by atoms with Gasteiger partial charge in [-0.25, -0.2) is 0 Å². The van der Waals surface area contributed by atoms with Crippen LogP contribution in [0.2, 0.25) is 0 Å². The summed E-state index contributed by atoms with van der Waals surface area (Å²) in [5.41, 5.74) is 6.66. The highest BCUT2D eigenvalue weighted by Gasteiger charge is 2.23. The molecule has 0 bridgehead atoms. The first-order chi connectivity index (χ1) is 18.0. The van der Waals surface area contributed by atoms with E-state index in [2.05, 4.69) is 0 Å². The lowest BCUT2D eigenvalue weighted by Crippen LogP contribution is -2.36. The Labute approximate surface area is 226 Å². The highest BCUT2D eigenvalue weighted by Crippen LogP contribution is 2.31. The molecular weight excluding hydrogens is 490 g/mol. The summed E-state index contributed by atoms with van der Waals surface area (Å²) in [6, 6.07) is 3.74. The highest BCUT2D eigenvalue weighted by atomic mass is 16.6. The van der Waals surface area contributed by atoms with Crippen molar-refractivity contribution < 1.29 is 38.1 Å². The average Bonchev–Trinajstić information content (AvgIpc) is 2.87. The molecule has 2 unspecified atom stereocenters. The highest BCUT2D eigenvalue weighted by molar-refractivity contribution is 5.79. The van der Waals surface area contributed by atoms with Gasteiger partial charge in [0, 0.05) is 6.42 Å². The lowest BCUT2D eigenvalue weighted by molar-refractivity contribution is -0.158. The summed E-state index contributed by atoms with van der Waals surface area (Å²) in [5.74, 6) is -2.24. The minimum Gasteiger partial charge on any atom is -0.461 e. The second-order valence-corrected chi connectivity index (χ2v) is 9.85. The molecule has 1 aromatic rings. The summed E-state index contributed by atoms with van der Waals surface area (Å²) in [4.78, 5) is 49.3. The van der Waals surface area contributed by atoms with E-state index in [1.54, 1.807) is 32.9 Å². The standard InChI is InChI=1S/C29H45NO8/c1-7-10-13-26(31)36-21(6)18-35-29(34)23(30)16-22-14-15-24(37-27(32)19(4)11-8-2)25(17-22)38-28(33)20(5)12-9-3/h14-15,17,19-21,23H,7-13,16,18,30H2,1-6H3/t19?,20?,21-,23-/m0/s1. The first-order valence-corrected chi connectivity index (χ1v) is 13.7. The fraction of sp³-hybridized carbons (Fsp3) is 0.655. The maximum absolute atomic E-state index is 12.6. The zero-order valence-corrected chi connectivity index (χ0v) is 23.7. The molecular formula is C29H45NO8. The SMILES string of the molecule is CCCCC(=O)O[C@@H](C)COC(=O)[C@@H](N)Cc1ccc(OC(=O)C(C)CCC)c(OC(=O)C(C)CCC)c1. The summed E-state index contributed by atoms with van der Waals surface area (Å²) in [6.45, 7) is 11.0. The van der Waals surface area contributed by atoms with Gasteiger partial charge < -0.3 is 24.7 Å². The molecule has 2 N–H and O–H groups in total. The molecule has 214 valence electrons. The van der Waals surface area contributed by atoms with Gasteiger partial charge >= 0.3 is 23.9 Å². The van der Waals surface area contributed by atoms with Crippen molar-refractivity contribution in [2.45, 2.75) is 105 Å². The molecule has 0 radical (unpaired) electrons. The van der Waals surface area contributed by atoms with E-state index in [9.17, 15) is 19.2 Å². The monoisotopic (exact) mass is 535 g/mol. The lowest BCUT2D eigenvalue weighted by atomic mass is 10.0. The van der Waals surface area contributed by atoms with Crippen molar-refractivity contribution in [3.05, 3.63) is 23.8 Å². The summed E-state index contributed by atoms with van der Waals surface area (Å²) in [7, 11) is 0. The second-order valence-electron chi connectivity index (χ2n) is 9.85. The van der Waals surface area contributed by atoms with Gasteiger partial charge in [0.2, 0.25) is 0 Å². The van der Waals surface area contributed by atoms with E-state index in [-0.39, 0.29) is 42.3 Å². The summed E-state index contributed by atoms with van der Waals surface area (Å²) >= 11 is 0. The molecule has 38 heavy (non-hydrogen) atoms. The quantitative estimate of drug-likeness (QED) is 0.218. The van der Waals surface area contributed by atoms with Gasteiger partial charge in [-0.3, -0.25) is 19.2 Å². The smallest absolute Gasteiger partial charge is 0.323 e. The zero-order valence-electron chi connectivity index (χ0n) is 23.7. The molecule has 0 aliphatic heterocycles. The molecule has 9 nitrogen and oxygen atoms in total. The van der Waals surface area contributed by atoms with Crippen LogP contribution in [0.5, 0.6) is 11.5 Å². The maximum Gasteiger partial charge on any atom is 0.323 e. The molecule has 0 fully saturated rings. The van der Waals surface area contributed by atoms with E-state index in [1.165, 1.54) is 6.07 Å². The van der Waals surface area contributed by atoms with Crippen molar-refractivity contribution in [1.29, 1.82) is 0 Å². The molecule has 0 aliphatic rings. The topological polar surface area (TPSA) is 131 Å². The van der Waals surface area contributed by atoms with E-state index < -0.39 is 30.1 Å². The molecule has 1 aromatic carbocycles. The molecule has 4 atom stereocenters. The van der Waals surface area contributed by atoms with Gasteiger partial charge in [0.05, 0.1) is 11.8 Å². The number of esters is 4. The number of rotatable bonds is 17. The minimum absolute atomic E-state index is 0.0963. The van der Waals surface area contributed by atoms with Crippen molar-refractivity contribution in [1.82, 2.24) is 0 Å². The molecule has 9 heteroatoms. The Kier molecular flexibility index (Phi) is 15.3. The molecule has 0 saturated carbocycles. The number of carbonyl (C=O) groups excluding carboxylic acids is 4. The normalized spacial score (nSPS) is 14.1. The third-order valence-electron chi connectivity index (χ3n) is 5.96. The van der Waals surface area contributed by atoms with Crippen molar-refractivity contribution in [3.8, 4) is 11.5 Å².